The fourth-order valence-electron chi connectivity index (χ4n) is 0. The van der Waals surface area contributed by atoms with Crippen molar-refractivity contribution in [3.8, 4) is 0 Å². The van der Waals surface area contributed by atoms with E-state index < -0.39 is 31.3 Å². The van der Waals surface area contributed by atoms with Gasteiger partial charge in [0.05, 0.1) is 0 Å². The van der Waals surface area contributed by atoms with Crippen molar-refractivity contribution in [1.82, 2.24) is 0 Å². The van der Waals surface area contributed by atoms with Crippen LogP contribution < -0.4 is 58.7 Å². The van der Waals surface area contributed by atoms with Crippen LogP contribution in [0.1, 0.15) is 0 Å². The van der Waals surface area contributed by atoms with Crippen LogP contribution in [-0.4, -0.2) is 0 Å². The van der Waals surface area contributed by atoms with E-state index in [1.807, 2.05) is 0 Å². The molecule has 0 atom stereocenters. The van der Waals surface area contributed by atoms with Crippen LogP contribution in [0.3, 0.4) is 0 Å². The standard InChI is InChI=1S/3Ir.4H3O4P/c;;;4*1-5(2,3)4/h;;;4*(H3,1,2,3,4)/p-12. The zero-order valence-corrected chi connectivity index (χ0v) is 20.1. The predicted octanol–water partition coefficient (Wildman–Crippen LogP) is -11.3. The second-order valence-electron chi connectivity index (χ2n) is 1.79. The molecule has 0 rings (SSSR count). The molecule has 0 fully saturated rings. The Balaban J connectivity index is -0.0000000284. The summed E-state index contributed by atoms with van der Waals surface area (Å²) in [5, 5.41) is 0. The van der Waals surface area contributed by atoms with E-state index in [2.05, 4.69) is 0 Å². The van der Waals surface area contributed by atoms with Crippen LogP contribution in [0.2, 0.25) is 0 Å². The molecule has 0 aliphatic carbocycles. The van der Waals surface area contributed by atoms with Gasteiger partial charge in [-0.3, -0.25) is 0 Å². The molecule has 23 heavy (non-hydrogen) atoms. The molecule has 0 saturated heterocycles. The first-order chi connectivity index (χ1) is 8.00. The molecule has 0 unspecified atom stereocenters. The van der Waals surface area contributed by atoms with Gasteiger partial charge in [0.1, 0.15) is 0 Å². The van der Waals surface area contributed by atoms with Crippen molar-refractivity contribution in [2.24, 2.45) is 0 Å². The summed E-state index contributed by atoms with van der Waals surface area (Å²) in [6.07, 6.45) is 0. The fourth-order valence-corrected chi connectivity index (χ4v) is 0. The first-order valence-electron chi connectivity index (χ1n) is 2.92. The molecule has 0 bridgehead atoms. The van der Waals surface area contributed by atoms with Crippen molar-refractivity contribution < 1.29 is 137 Å². The molecule has 0 aliphatic rings. The van der Waals surface area contributed by atoms with Crippen LogP contribution in [0, 0.1) is 0 Å². The fraction of sp³-hybridized carbons (Fsp3) is 0. The second-order valence-corrected chi connectivity index (χ2v) is 5.37. The molecule has 0 aliphatic heterocycles. The third kappa shape index (κ3) is 2140. The SMILES string of the molecule is O=P([O-])([O-])[O-].O=P([O-])([O-])[O-].O=P([O-])([O-])[O-].O=P([O-])([O-])[O-].[Ir].[Ir].[Ir]. The van der Waals surface area contributed by atoms with Crippen molar-refractivity contribution in [2.75, 3.05) is 0 Å². The van der Waals surface area contributed by atoms with Gasteiger partial charge in [-0.05, 0) is 0 Å². The largest absolute Gasteiger partial charge is 0.822 e. The minimum Gasteiger partial charge on any atom is -0.822 e. The number of phosphoric acid groups is 4. The Kier molecular flexibility index (Phi) is 37.2. The summed E-state index contributed by atoms with van der Waals surface area (Å²) in [6, 6.07) is 0. The monoisotopic (exact) mass is 959 g/mol. The summed E-state index contributed by atoms with van der Waals surface area (Å²) in [4.78, 5) is 103. The summed E-state index contributed by atoms with van der Waals surface area (Å²) in [5.41, 5.74) is 0. The molecule has 23 heteroatoms. The zero-order valence-electron chi connectivity index (χ0n) is 9.32. The van der Waals surface area contributed by atoms with Crippen molar-refractivity contribution in [3.63, 3.8) is 0 Å². The van der Waals surface area contributed by atoms with Crippen LogP contribution in [0.5, 0.6) is 0 Å². The molecule has 0 aromatic heterocycles. The Bertz CT molecular complexity index is 292. The van der Waals surface area contributed by atoms with E-state index in [-0.39, 0.29) is 60.3 Å². The second kappa shape index (κ2) is 19.2. The molecular formula is Ir3O16P4-12. The Labute approximate surface area is 168 Å². The molecule has 0 amide bonds. The Morgan fingerprint density at radius 3 is 0.304 bits per heavy atom. The molecule has 0 N–H and O–H groups in total. The minimum atomic E-state index is -5.39. The Morgan fingerprint density at radius 1 is 0.304 bits per heavy atom. The first-order valence-corrected chi connectivity index (χ1v) is 8.76. The molecule has 16 nitrogen and oxygen atoms in total. The van der Waals surface area contributed by atoms with Gasteiger partial charge < -0.3 is 77.0 Å². The van der Waals surface area contributed by atoms with Crippen LogP contribution in [0.4, 0.5) is 0 Å². The maximum Gasteiger partial charge on any atom is 0 e. The molecule has 0 aromatic rings. The van der Waals surface area contributed by atoms with Crippen molar-refractivity contribution in [3.05, 3.63) is 0 Å². The number of rotatable bonds is 0. The molecule has 3 radical (unpaired) electrons. The van der Waals surface area contributed by atoms with E-state index in [0.29, 0.717) is 0 Å². The Morgan fingerprint density at radius 2 is 0.304 bits per heavy atom. The van der Waals surface area contributed by atoms with Crippen molar-refractivity contribution in [2.45, 2.75) is 0 Å². The molecule has 0 spiro atoms. The molecule has 0 heterocycles. The smallest absolute Gasteiger partial charge is 0 e. The number of hydrogen-bond acceptors (Lipinski definition) is 16. The van der Waals surface area contributed by atoms with Crippen LogP contribution in [-0.2, 0) is 78.6 Å². The summed E-state index contributed by atoms with van der Waals surface area (Å²) >= 11 is 0. The van der Waals surface area contributed by atoms with Gasteiger partial charge in [-0.15, -0.1) is 0 Å². The molecule has 155 valence electrons. The number of hydrogen-bond donors (Lipinski definition) is 0. The predicted molar refractivity (Wildman–Crippen MR) is 30.4 cm³/mol. The van der Waals surface area contributed by atoms with E-state index in [0.717, 1.165) is 0 Å². The van der Waals surface area contributed by atoms with E-state index in [9.17, 15) is 0 Å². The van der Waals surface area contributed by atoms with Crippen LogP contribution >= 0.6 is 31.3 Å². The molecule has 0 saturated carbocycles. The van der Waals surface area contributed by atoms with Gasteiger partial charge in [0, 0.05) is 60.3 Å². The van der Waals surface area contributed by atoms with E-state index in [1.54, 1.807) is 0 Å². The van der Waals surface area contributed by atoms with Gasteiger partial charge in [0.15, 0.2) is 0 Å². The van der Waals surface area contributed by atoms with E-state index >= 15 is 0 Å². The van der Waals surface area contributed by atoms with Crippen molar-refractivity contribution >= 4 is 31.3 Å². The maximum absolute atomic E-state index is 8.55. The van der Waals surface area contributed by atoms with Gasteiger partial charge >= 0.3 is 0 Å². The van der Waals surface area contributed by atoms with Crippen molar-refractivity contribution in [1.29, 1.82) is 0 Å². The average Bonchev–Trinajstić information content (AvgIpc) is 1.62. The molecule has 0 aromatic carbocycles. The summed E-state index contributed by atoms with van der Waals surface area (Å²) in [7, 11) is -21.6. The van der Waals surface area contributed by atoms with Gasteiger partial charge in [0.2, 0.25) is 0 Å². The normalized spacial score (nSPS) is 10.3. The van der Waals surface area contributed by atoms with Gasteiger partial charge in [-0.25, -0.2) is 0 Å². The average molecular weight is 957 g/mol. The van der Waals surface area contributed by atoms with Crippen LogP contribution in [0.15, 0.2) is 0 Å². The topological polar surface area (TPSA) is 345 Å². The van der Waals surface area contributed by atoms with Crippen LogP contribution in [0.25, 0.3) is 0 Å². The summed E-state index contributed by atoms with van der Waals surface area (Å²) < 4.78 is 34.2. The zero-order chi connectivity index (χ0) is 18.0. The van der Waals surface area contributed by atoms with Gasteiger partial charge in [0.25, 0.3) is 0 Å². The maximum atomic E-state index is 8.55. The van der Waals surface area contributed by atoms with E-state index in [4.69, 9.17) is 77.0 Å². The summed E-state index contributed by atoms with van der Waals surface area (Å²) in [6.45, 7) is 0. The van der Waals surface area contributed by atoms with E-state index in [1.165, 1.54) is 0 Å². The van der Waals surface area contributed by atoms with Gasteiger partial charge in [-0.1, -0.05) is 0 Å². The quantitative estimate of drug-likeness (QED) is 0.204. The third-order valence-corrected chi connectivity index (χ3v) is 0. The Hall–Kier alpha value is 2.39. The summed E-state index contributed by atoms with van der Waals surface area (Å²) in [5.74, 6) is 0. The molecular weight excluding hydrogens is 957 g/mol. The van der Waals surface area contributed by atoms with Gasteiger partial charge in [-0.2, -0.15) is 31.3 Å². The minimum absolute atomic E-state index is 0. The third-order valence-electron chi connectivity index (χ3n) is 0. The first kappa shape index (κ1) is 44.7.